The maximum Gasteiger partial charge on any atom is 0.282 e. The summed E-state index contributed by atoms with van der Waals surface area (Å²) >= 11 is 6.50. The molecule has 0 radical (unpaired) electrons. The van der Waals surface area contributed by atoms with Gasteiger partial charge in [0.2, 0.25) is 17.8 Å². The molecule has 3 saturated heterocycles. The molecule has 4 aliphatic heterocycles. The van der Waals surface area contributed by atoms with E-state index in [2.05, 4.69) is 68.5 Å². The van der Waals surface area contributed by atoms with Gasteiger partial charge >= 0.3 is 0 Å². The van der Waals surface area contributed by atoms with Crippen LogP contribution in [0.1, 0.15) is 69.0 Å². The summed E-state index contributed by atoms with van der Waals surface area (Å²) < 4.78 is 32.7. The molecule has 15 heteroatoms. The molecule has 2 aromatic heterocycles. The molecular formula is C43H44ClF2N9O3. The predicted octanol–water partition coefficient (Wildman–Crippen LogP) is 5.69. The Kier molecular flexibility index (Phi) is 9.46. The Morgan fingerprint density at radius 1 is 0.879 bits per heavy atom. The molecule has 300 valence electrons. The van der Waals surface area contributed by atoms with Gasteiger partial charge in [-0.1, -0.05) is 23.7 Å². The highest BCUT2D eigenvalue weighted by Crippen LogP contribution is 2.45. The number of carbonyl (C=O) groups is 2. The molecule has 3 fully saturated rings. The Labute approximate surface area is 339 Å². The van der Waals surface area contributed by atoms with Crippen molar-refractivity contribution >= 4 is 51.6 Å². The molecule has 2 amide bonds. The number of benzene rings is 3. The molecule has 12 nitrogen and oxygen atoms in total. The quantitative estimate of drug-likeness (QED) is 0.215. The summed E-state index contributed by atoms with van der Waals surface area (Å²) in [6, 6.07) is 14.8. The van der Waals surface area contributed by atoms with Gasteiger partial charge in [-0.15, -0.1) is 0 Å². The van der Waals surface area contributed by atoms with Gasteiger partial charge in [-0.25, -0.2) is 18.7 Å². The minimum absolute atomic E-state index is 0.0430. The van der Waals surface area contributed by atoms with E-state index in [0.717, 1.165) is 47.7 Å². The van der Waals surface area contributed by atoms with Crippen LogP contribution in [0.15, 0.2) is 65.7 Å². The minimum atomic E-state index is -1.03. The number of aromatic nitrogens is 4. The van der Waals surface area contributed by atoms with Crippen LogP contribution in [-0.2, 0) is 21.5 Å². The smallest absolute Gasteiger partial charge is 0.282 e. The molecule has 0 spiro atoms. The second-order valence-corrected chi connectivity index (χ2v) is 16.9. The van der Waals surface area contributed by atoms with Crippen molar-refractivity contribution in [3.05, 3.63) is 110 Å². The number of imide groups is 1. The van der Waals surface area contributed by atoms with Gasteiger partial charge in [0.05, 0.1) is 32.9 Å². The summed E-state index contributed by atoms with van der Waals surface area (Å²) in [5.74, 6) is -2.39. The number of piperazine rings is 2. The topological polar surface area (TPSA) is 120 Å². The first-order valence-electron chi connectivity index (χ1n) is 19.8. The highest BCUT2D eigenvalue weighted by molar-refractivity contribution is 6.35. The monoisotopic (exact) mass is 807 g/mol. The van der Waals surface area contributed by atoms with Crippen LogP contribution in [0.2, 0.25) is 5.02 Å². The lowest BCUT2D eigenvalue weighted by Crippen LogP contribution is -2.52. The Hall–Kier alpha value is -5.47. The standard InChI is InChI=1S/C43H44ClF2N9O3/c1-24-21-51(12-14-53(24)27-8-10-30-35(18-27)55-34-7-5-6-31(44)38(34)40(58)50-41(55)43(30,3)4)23-26-19-47-42(48-20-26)52-13-15-54(25(2)22-52)28-16-32(45)37(33(46)17-28)29-9-11-36(56)49-39(29)57/h5-8,10,16-20,24-25,29H,9,11-15,21-23H2,1-4H3,(H,49,56,57)/t24-,25+,29?/m1/s1. The highest BCUT2D eigenvalue weighted by Gasteiger charge is 2.40. The number of anilines is 3. The molecule has 58 heavy (non-hydrogen) atoms. The van der Waals surface area contributed by atoms with E-state index in [0.29, 0.717) is 54.0 Å². The van der Waals surface area contributed by atoms with Crippen LogP contribution in [0.4, 0.5) is 26.1 Å². The minimum Gasteiger partial charge on any atom is -0.366 e. The van der Waals surface area contributed by atoms with Gasteiger partial charge in [-0.3, -0.25) is 29.2 Å². The molecule has 1 unspecified atom stereocenters. The zero-order valence-electron chi connectivity index (χ0n) is 32.8. The number of carbonyl (C=O) groups excluding carboxylic acids is 2. The van der Waals surface area contributed by atoms with Crippen molar-refractivity contribution in [3.8, 4) is 5.69 Å². The van der Waals surface area contributed by atoms with Gasteiger partial charge in [0, 0.05) is 99.2 Å². The van der Waals surface area contributed by atoms with Crippen molar-refractivity contribution in [2.75, 3.05) is 54.0 Å². The van der Waals surface area contributed by atoms with E-state index in [-0.39, 0.29) is 36.0 Å². The molecule has 5 aromatic rings. The van der Waals surface area contributed by atoms with Crippen LogP contribution in [-0.4, -0.2) is 87.6 Å². The van der Waals surface area contributed by atoms with E-state index in [4.69, 9.17) is 21.6 Å². The van der Waals surface area contributed by atoms with Crippen LogP contribution in [0.5, 0.6) is 0 Å². The summed E-state index contributed by atoms with van der Waals surface area (Å²) in [4.78, 5) is 59.8. The first-order valence-corrected chi connectivity index (χ1v) is 20.2. The molecule has 4 aliphatic rings. The third-order valence-corrected chi connectivity index (χ3v) is 12.7. The molecule has 6 heterocycles. The first kappa shape index (κ1) is 38.1. The van der Waals surface area contributed by atoms with Crippen LogP contribution in [0.25, 0.3) is 16.6 Å². The fourth-order valence-electron chi connectivity index (χ4n) is 9.40. The van der Waals surface area contributed by atoms with Crippen molar-refractivity contribution in [3.63, 3.8) is 0 Å². The summed E-state index contributed by atoms with van der Waals surface area (Å²) in [7, 11) is 0. The van der Waals surface area contributed by atoms with E-state index < -0.39 is 34.8 Å². The second-order valence-electron chi connectivity index (χ2n) is 16.5. The fraction of sp³-hybridized carbons (Fsp3) is 0.395. The van der Waals surface area contributed by atoms with Gasteiger partial charge in [0.1, 0.15) is 17.5 Å². The van der Waals surface area contributed by atoms with Crippen molar-refractivity contribution in [2.45, 2.75) is 70.5 Å². The predicted molar refractivity (Wildman–Crippen MR) is 219 cm³/mol. The number of piperidine rings is 1. The summed E-state index contributed by atoms with van der Waals surface area (Å²) in [6.45, 7) is 13.3. The van der Waals surface area contributed by atoms with Gasteiger partial charge in [0.15, 0.2) is 0 Å². The Bertz CT molecular complexity index is 2520. The number of fused-ring (bicyclic) bond motifs is 5. The van der Waals surface area contributed by atoms with Crippen molar-refractivity contribution in [2.24, 2.45) is 0 Å². The average Bonchev–Trinajstić information content (AvgIpc) is 3.40. The van der Waals surface area contributed by atoms with Gasteiger partial charge < -0.3 is 14.7 Å². The molecule has 0 bridgehead atoms. The van der Waals surface area contributed by atoms with Crippen LogP contribution in [0, 0.1) is 11.6 Å². The molecule has 0 aliphatic carbocycles. The lowest BCUT2D eigenvalue weighted by molar-refractivity contribution is -0.134. The van der Waals surface area contributed by atoms with Crippen molar-refractivity contribution in [1.29, 1.82) is 0 Å². The lowest BCUT2D eigenvalue weighted by atomic mass is 9.85. The van der Waals surface area contributed by atoms with Gasteiger partial charge in [-0.2, -0.15) is 4.98 Å². The Balaban J connectivity index is 0.837. The number of hydrogen-bond acceptors (Lipinski definition) is 10. The summed E-state index contributed by atoms with van der Waals surface area (Å²) in [6.07, 6.45) is 3.88. The van der Waals surface area contributed by atoms with Crippen molar-refractivity contribution in [1.82, 2.24) is 29.7 Å². The number of amides is 2. The van der Waals surface area contributed by atoms with E-state index in [1.807, 2.05) is 36.4 Å². The van der Waals surface area contributed by atoms with E-state index in [9.17, 15) is 14.4 Å². The third-order valence-electron chi connectivity index (χ3n) is 12.4. The zero-order chi connectivity index (χ0) is 40.6. The third kappa shape index (κ3) is 6.46. The second kappa shape index (κ2) is 14.4. The Morgan fingerprint density at radius 2 is 1.59 bits per heavy atom. The molecular weight excluding hydrogens is 764 g/mol. The Morgan fingerprint density at radius 3 is 2.29 bits per heavy atom. The SMILES string of the molecule is C[C@@H]1CN(Cc2cnc(N3CCN(c4cc(F)c(C5CCC(=O)NC5=O)c(F)c4)[C@@H](C)C3)nc2)CCN1c1ccc2c(c1)-n1c(nc(=O)c3c(Cl)cccc31)C2(C)C. The first-order chi connectivity index (χ1) is 27.8. The number of rotatable bonds is 6. The molecule has 3 aromatic carbocycles. The van der Waals surface area contributed by atoms with Crippen LogP contribution in [0.3, 0.4) is 0 Å². The number of nitrogens with zero attached hydrogens (tertiary/aromatic N) is 8. The van der Waals surface area contributed by atoms with Gasteiger partial charge in [0.25, 0.3) is 5.56 Å². The van der Waals surface area contributed by atoms with E-state index >= 15 is 8.78 Å². The largest absolute Gasteiger partial charge is 0.366 e. The molecule has 0 saturated carbocycles. The summed E-state index contributed by atoms with van der Waals surface area (Å²) in [5, 5.41) is 3.01. The van der Waals surface area contributed by atoms with Crippen LogP contribution >= 0.6 is 11.6 Å². The maximum atomic E-state index is 15.3. The fourth-order valence-corrected chi connectivity index (χ4v) is 9.65. The van der Waals surface area contributed by atoms with E-state index in [1.54, 1.807) is 6.07 Å². The lowest BCUT2D eigenvalue weighted by Gasteiger charge is -2.42. The number of halogens is 3. The highest BCUT2D eigenvalue weighted by atomic mass is 35.5. The maximum absolute atomic E-state index is 15.3. The molecule has 3 atom stereocenters. The molecule has 1 N–H and O–H groups in total. The van der Waals surface area contributed by atoms with Crippen molar-refractivity contribution < 1.29 is 18.4 Å². The normalized spacial score (nSPS) is 22.0. The van der Waals surface area contributed by atoms with E-state index in [1.165, 1.54) is 12.1 Å². The zero-order valence-corrected chi connectivity index (χ0v) is 33.6. The summed E-state index contributed by atoms with van der Waals surface area (Å²) in [5.41, 5.74) is 4.38. The van der Waals surface area contributed by atoms with Crippen LogP contribution < -0.4 is 25.6 Å². The number of hydrogen-bond donors (Lipinski definition) is 1. The number of nitrogens with one attached hydrogen (secondary N) is 1. The van der Waals surface area contributed by atoms with Gasteiger partial charge in [-0.05, 0) is 76.1 Å². The average molecular weight is 808 g/mol. The molecule has 9 rings (SSSR count).